The van der Waals surface area contributed by atoms with E-state index in [2.05, 4.69) is 26.9 Å². The molecule has 3 heterocycles. The van der Waals surface area contributed by atoms with Crippen LogP contribution < -0.4 is 15.2 Å². The summed E-state index contributed by atoms with van der Waals surface area (Å²) in [6, 6.07) is 9.36. The van der Waals surface area contributed by atoms with E-state index in [1.165, 1.54) is 30.3 Å². The van der Waals surface area contributed by atoms with E-state index in [9.17, 15) is 9.59 Å². The fourth-order valence-corrected chi connectivity index (χ4v) is 4.63. The van der Waals surface area contributed by atoms with Gasteiger partial charge >= 0.3 is 5.56 Å². The smallest absolute Gasteiger partial charge is 0.316 e. The fourth-order valence-electron chi connectivity index (χ4n) is 4.63. The molecule has 196 valence electrons. The quantitative estimate of drug-likeness (QED) is 0.386. The Kier molecular flexibility index (Phi) is 8.87. The minimum atomic E-state index is -0.275. The van der Waals surface area contributed by atoms with Crippen molar-refractivity contribution in [3.05, 3.63) is 70.2 Å². The number of amides is 1. The van der Waals surface area contributed by atoms with Gasteiger partial charge in [0.1, 0.15) is 12.0 Å². The van der Waals surface area contributed by atoms with E-state index in [1.54, 1.807) is 6.20 Å². The molecule has 1 aliphatic rings. The van der Waals surface area contributed by atoms with Gasteiger partial charge in [0.15, 0.2) is 0 Å². The third-order valence-electron chi connectivity index (χ3n) is 6.76. The van der Waals surface area contributed by atoms with Gasteiger partial charge in [0.25, 0.3) is 5.91 Å². The SMILES string of the molecule is CCCCCCCOc1c(N2CCN(C(=O)c3c(C)ncnc3C)CC2)cnn(-c2ccccc2)c1=O. The second-order valence-corrected chi connectivity index (χ2v) is 9.37. The third-order valence-corrected chi connectivity index (χ3v) is 6.76. The highest BCUT2D eigenvalue weighted by Gasteiger charge is 2.28. The van der Waals surface area contributed by atoms with Crippen molar-refractivity contribution in [2.24, 2.45) is 0 Å². The lowest BCUT2D eigenvalue weighted by Crippen LogP contribution is -2.49. The maximum atomic E-state index is 13.5. The fraction of sp³-hybridized carbons (Fsp3) is 0.464. The van der Waals surface area contributed by atoms with Gasteiger partial charge in [0.2, 0.25) is 5.75 Å². The summed E-state index contributed by atoms with van der Waals surface area (Å²) in [7, 11) is 0. The minimum absolute atomic E-state index is 0.0589. The molecule has 1 saturated heterocycles. The number of para-hydroxylation sites is 1. The van der Waals surface area contributed by atoms with Crippen LogP contribution in [-0.2, 0) is 0 Å². The Bertz CT molecular complexity index is 1230. The average molecular weight is 505 g/mol. The molecular formula is C28H36N6O3. The maximum Gasteiger partial charge on any atom is 0.316 e. The van der Waals surface area contributed by atoms with Crippen LogP contribution in [0, 0.1) is 13.8 Å². The Hall–Kier alpha value is -3.75. The molecule has 0 bridgehead atoms. The Morgan fingerprint density at radius 1 is 0.946 bits per heavy atom. The minimum Gasteiger partial charge on any atom is -0.486 e. The first kappa shape index (κ1) is 26.3. The molecule has 1 aromatic carbocycles. The van der Waals surface area contributed by atoms with Crippen molar-refractivity contribution in [3.8, 4) is 11.4 Å². The molecule has 0 spiro atoms. The molecule has 0 atom stereocenters. The molecule has 0 unspecified atom stereocenters. The molecule has 37 heavy (non-hydrogen) atoms. The van der Waals surface area contributed by atoms with Gasteiger partial charge in [-0.25, -0.2) is 9.97 Å². The van der Waals surface area contributed by atoms with E-state index >= 15 is 0 Å². The van der Waals surface area contributed by atoms with E-state index in [-0.39, 0.29) is 11.5 Å². The summed E-state index contributed by atoms with van der Waals surface area (Å²) < 4.78 is 7.51. The van der Waals surface area contributed by atoms with Crippen LogP contribution >= 0.6 is 0 Å². The van der Waals surface area contributed by atoms with Crippen molar-refractivity contribution in [1.82, 2.24) is 24.6 Å². The number of carbonyl (C=O) groups is 1. The Balaban J connectivity index is 1.52. The molecule has 1 aliphatic heterocycles. The summed E-state index contributed by atoms with van der Waals surface area (Å²) in [5.74, 6) is 0.258. The number of hydrogen-bond donors (Lipinski definition) is 0. The summed E-state index contributed by atoms with van der Waals surface area (Å²) in [6.45, 7) is 8.51. The molecule has 1 fully saturated rings. The topological polar surface area (TPSA) is 93.4 Å². The van der Waals surface area contributed by atoms with Gasteiger partial charge in [0, 0.05) is 26.2 Å². The molecule has 0 saturated carbocycles. The van der Waals surface area contributed by atoms with Crippen LogP contribution in [0.25, 0.3) is 5.69 Å². The lowest BCUT2D eigenvalue weighted by atomic mass is 10.1. The largest absolute Gasteiger partial charge is 0.486 e. The van der Waals surface area contributed by atoms with Gasteiger partial charge in [-0.3, -0.25) is 9.59 Å². The number of nitrogens with zero attached hydrogens (tertiary/aromatic N) is 6. The Labute approximate surface area is 218 Å². The van der Waals surface area contributed by atoms with Crippen molar-refractivity contribution in [2.45, 2.75) is 52.9 Å². The Morgan fingerprint density at radius 2 is 1.62 bits per heavy atom. The molecule has 1 amide bonds. The number of unbranched alkanes of at least 4 members (excludes halogenated alkanes) is 4. The van der Waals surface area contributed by atoms with Gasteiger partial charge in [-0.2, -0.15) is 9.78 Å². The van der Waals surface area contributed by atoms with Crippen molar-refractivity contribution in [1.29, 1.82) is 0 Å². The standard InChI is InChI=1S/C28H36N6O3/c1-4-5-6-7-11-18-37-26-24(19-31-34(28(26)36)23-12-9-8-10-13-23)32-14-16-33(17-15-32)27(35)25-21(2)29-20-30-22(25)3/h8-10,12-13,19-20H,4-7,11,14-18H2,1-3H3. The molecule has 0 N–H and O–H groups in total. The number of aromatic nitrogens is 4. The summed E-state index contributed by atoms with van der Waals surface area (Å²) in [5.41, 5.74) is 3.02. The summed E-state index contributed by atoms with van der Waals surface area (Å²) >= 11 is 0. The number of hydrogen-bond acceptors (Lipinski definition) is 7. The number of rotatable bonds is 10. The molecule has 9 heteroatoms. The molecule has 2 aromatic heterocycles. The molecule has 9 nitrogen and oxygen atoms in total. The second kappa shape index (κ2) is 12.5. The zero-order chi connectivity index (χ0) is 26.2. The van der Waals surface area contributed by atoms with Gasteiger partial charge < -0.3 is 14.5 Å². The van der Waals surface area contributed by atoms with E-state index in [0.717, 1.165) is 12.8 Å². The number of carbonyl (C=O) groups excluding carboxylic acids is 1. The Morgan fingerprint density at radius 3 is 2.30 bits per heavy atom. The summed E-state index contributed by atoms with van der Waals surface area (Å²) in [6.07, 6.45) is 8.71. The van der Waals surface area contributed by atoms with E-state index in [1.807, 2.05) is 49.1 Å². The predicted molar refractivity (Wildman–Crippen MR) is 144 cm³/mol. The highest BCUT2D eigenvalue weighted by molar-refractivity contribution is 5.96. The van der Waals surface area contributed by atoms with Crippen molar-refractivity contribution >= 4 is 11.6 Å². The third kappa shape index (κ3) is 6.15. The zero-order valence-electron chi connectivity index (χ0n) is 22.0. The summed E-state index contributed by atoms with van der Waals surface area (Å²) in [4.78, 5) is 39.0. The van der Waals surface area contributed by atoms with Gasteiger partial charge in [0.05, 0.1) is 35.4 Å². The van der Waals surface area contributed by atoms with Crippen LogP contribution in [0.4, 0.5) is 5.69 Å². The summed E-state index contributed by atoms with van der Waals surface area (Å²) in [5, 5.41) is 4.46. The lowest BCUT2D eigenvalue weighted by Gasteiger charge is -2.36. The van der Waals surface area contributed by atoms with Crippen LogP contribution in [0.5, 0.6) is 5.75 Å². The van der Waals surface area contributed by atoms with Crippen LogP contribution in [0.3, 0.4) is 0 Å². The first-order valence-corrected chi connectivity index (χ1v) is 13.1. The molecule has 4 rings (SSSR count). The molecule has 0 radical (unpaired) electrons. The van der Waals surface area contributed by atoms with Crippen molar-refractivity contribution in [3.63, 3.8) is 0 Å². The number of aryl methyl sites for hydroxylation is 2. The normalized spacial score (nSPS) is 13.6. The number of ether oxygens (including phenoxy) is 1. The van der Waals surface area contributed by atoms with Crippen LogP contribution in [0.1, 0.15) is 60.8 Å². The van der Waals surface area contributed by atoms with Gasteiger partial charge in [-0.05, 0) is 32.4 Å². The highest BCUT2D eigenvalue weighted by atomic mass is 16.5. The van der Waals surface area contributed by atoms with E-state index in [4.69, 9.17) is 4.74 Å². The van der Waals surface area contributed by atoms with Gasteiger partial charge in [-0.1, -0.05) is 50.8 Å². The van der Waals surface area contributed by atoms with Crippen LogP contribution in [0.15, 0.2) is 47.7 Å². The first-order chi connectivity index (χ1) is 18.0. The lowest BCUT2D eigenvalue weighted by molar-refractivity contribution is 0.0744. The first-order valence-electron chi connectivity index (χ1n) is 13.1. The molecule has 3 aromatic rings. The highest BCUT2D eigenvalue weighted by Crippen LogP contribution is 2.26. The average Bonchev–Trinajstić information content (AvgIpc) is 2.91. The maximum absolute atomic E-state index is 13.5. The van der Waals surface area contributed by atoms with Crippen molar-refractivity contribution < 1.29 is 9.53 Å². The predicted octanol–water partition coefficient (Wildman–Crippen LogP) is 3.95. The van der Waals surface area contributed by atoms with Crippen molar-refractivity contribution in [2.75, 3.05) is 37.7 Å². The number of benzene rings is 1. The molecule has 0 aliphatic carbocycles. The zero-order valence-corrected chi connectivity index (χ0v) is 22.0. The van der Waals surface area contributed by atoms with Crippen LogP contribution in [0.2, 0.25) is 0 Å². The van der Waals surface area contributed by atoms with E-state index < -0.39 is 0 Å². The van der Waals surface area contributed by atoms with Gasteiger partial charge in [-0.15, -0.1) is 0 Å². The van der Waals surface area contributed by atoms with E-state index in [0.29, 0.717) is 66.9 Å². The number of anilines is 1. The second-order valence-electron chi connectivity index (χ2n) is 9.37. The molecular weight excluding hydrogens is 468 g/mol. The van der Waals surface area contributed by atoms with Crippen LogP contribution in [-0.4, -0.2) is 63.3 Å². The number of piperazine rings is 1. The monoisotopic (exact) mass is 504 g/mol.